The van der Waals surface area contributed by atoms with Gasteiger partial charge in [0.05, 0.1) is 0 Å². The van der Waals surface area contributed by atoms with Crippen LogP contribution in [-0.4, -0.2) is 67.4 Å². The molecule has 0 aromatic rings. The monoisotopic (exact) mass is 1160 g/mol. The maximum atomic E-state index is 10.3. The molecule has 81 heavy (non-hydrogen) atoms. The van der Waals surface area contributed by atoms with Crippen molar-refractivity contribution in [2.45, 2.75) is 439 Å². The predicted octanol–water partition coefficient (Wildman–Crippen LogP) is 24.4. The second-order valence-corrected chi connectivity index (χ2v) is 24.4. The van der Waals surface area contributed by atoms with Gasteiger partial charge in [-0.1, -0.05) is 387 Å². The first kappa shape index (κ1) is 88.4. The third-order valence-electron chi connectivity index (χ3n) is 16.0. The van der Waals surface area contributed by atoms with Gasteiger partial charge in [0.1, 0.15) is 0 Å². The highest BCUT2D eigenvalue weighted by Crippen LogP contribution is 2.18. The Balaban J connectivity index is -0.000000316. The van der Waals surface area contributed by atoms with E-state index in [9.17, 15) is 19.2 Å². The molecule has 0 rings (SSSR count). The van der Waals surface area contributed by atoms with Gasteiger partial charge in [0.2, 0.25) is 0 Å². The van der Waals surface area contributed by atoms with Crippen LogP contribution < -0.4 is 0 Å². The highest BCUT2D eigenvalue weighted by atomic mass is 24.3. The smallest absolute Gasteiger partial charge is 0.316 e. The first-order valence-electron chi connectivity index (χ1n) is 36.0. The third kappa shape index (κ3) is 104. The van der Waals surface area contributed by atoms with Gasteiger partial charge in [0.25, 0.3) is 0 Å². The predicted molar refractivity (Wildman–Crippen MR) is 357 cm³/mol. The van der Waals surface area contributed by atoms with Crippen molar-refractivity contribution in [1.82, 2.24) is 0 Å². The Bertz CT molecular complexity index is 990. The van der Waals surface area contributed by atoms with Gasteiger partial charge < -0.3 is 20.4 Å². The summed E-state index contributed by atoms with van der Waals surface area (Å²) in [6, 6.07) is 0. The fraction of sp³-hybridized carbons (Fsp3) is 0.944. The van der Waals surface area contributed by atoms with Gasteiger partial charge in [0.15, 0.2) is 0 Å². The Kier molecular flexibility index (Phi) is 92.9. The number of carboxylic acids is 4. The van der Waals surface area contributed by atoms with E-state index in [0.29, 0.717) is 25.7 Å². The van der Waals surface area contributed by atoms with E-state index in [1.807, 2.05) is 0 Å². The standard InChI is InChI=1S/4C18H36O2.Mg.2H/c4*1-2-3-4-5-6-7-8-9-10-11-12-13-14-15-16-17-18(19)20;;;/h4*2-17H2,1H3,(H,19,20);;;. The summed E-state index contributed by atoms with van der Waals surface area (Å²) < 4.78 is 0. The van der Waals surface area contributed by atoms with Gasteiger partial charge in [-0.3, -0.25) is 19.2 Å². The summed E-state index contributed by atoms with van der Waals surface area (Å²) in [5, 5.41) is 34.1. The van der Waals surface area contributed by atoms with Gasteiger partial charge in [-0.05, 0) is 25.7 Å². The molecule has 0 heterocycles. The summed E-state index contributed by atoms with van der Waals surface area (Å²) in [6.07, 6.45) is 80.8. The molecule has 0 aliphatic heterocycles. The molecular weight excluding hydrogens is 1020 g/mol. The summed E-state index contributed by atoms with van der Waals surface area (Å²) in [4.78, 5) is 41.3. The Labute approximate surface area is 522 Å². The number of rotatable bonds is 64. The van der Waals surface area contributed by atoms with E-state index < -0.39 is 23.9 Å². The van der Waals surface area contributed by atoms with Gasteiger partial charge >= 0.3 is 46.9 Å². The summed E-state index contributed by atoms with van der Waals surface area (Å²) in [6.45, 7) is 9.08. The molecule has 0 aromatic carbocycles. The van der Waals surface area contributed by atoms with Crippen LogP contribution in [0.5, 0.6) is 0 Å². The highest BCUT2D eigenvalue weighted by molar-refractivity contribution is 5.75. The summed E-state index contributed by atoms with van der Waals surface area (Å²) in [5.41, 5.74) is 0. The number of hydrogen-bond acceptors (Lipinski definition) is 4. The molecular formula is C72H146MgO8. The number of carbonyl (C=O) groups is 4. The van der Waals surface area contributed by atoms with Crippen LogP contribution in [0.4, 0.5) is 0 Å². The molecule has 0 aromatic heterocycles. The van der Waals surface area contributed by atoms with E-state index in [2.05, 4.69) is 27.7 Å². The topological polar surface area (TPSA) is 149 Å². The largest absolute Gasteiger partial charge is 0.481 e. The molecule has 0 atom stereocenters. The quantitative estimate of drug-likeness (QED) is 0.0347. The molecule has 0 fully saturated rings. The van der Waals surface area contributed by atoms with E-state index in [1.165, 1.54) is 334 Å². The Morgan fingerprint density at radius 1 is 0.160 bits per heavy atom. The molecule has 4 N–H and O–H groups in total. The van der Waals surface area contributed by atoms with E-state index in [0.717, 1.165) is 51.4 Å². The normalized spacial score (nSPS) is 10.7. The van der Waals surface area contributed by atoms with Gasteiger partial charge in [0, 0.05) is 25.7 Å². The molecule has 0 saturated carbocycles. The van der Waals surface area contributed by atoms with Gasteiger partial charge in [-0.15, -0.1) is 0 Å². The van der Waals surface area contributed by atoms with E-state index in [-0.39, 0.29) is 23.1 Å². The van der Waals surface area contributed by atoms with Crippen LogP contribution in [0.25, 0.3) is 0 Å². The second kappa shape index (κ2) is 85.1. The minimum Gasteiger partial charge on any atom is -0.481 e. The van der Waals surface area contributed by atoms with E-state index in [1.54, 1.807) is 0 Å². The Morgan fingerprint density at radius 3 is 0.309 bits per heavy atom. The molecule has 0 unspecified atom stereocenters. The zero-order chi connectivity index (χ0) is 59.6. The molecule has 0 aliphatic rings. The molecule has 0 bridgehead atoms. The van der Waals surface area contributed by atoms with Crippen molar-refractivity contribution in [1.29, 1.82) is 0 Å². The van der Waals surface area contributed by atoms with Crippen molar-refractivity contribution in [2.24, 2.45) is 0 Å². The lowest BCUT2D eigenvalue weighted by atomic mass is 10.0. The van der Waals surface area contributed by atoms with E-state index in [4.69, 9.17) is 20.4 Å². The first-order chi connectivity index (χ1) is 39.1. The van der Waals surface area contributed by atoms with Crippen LogP contribution in [-0.2, 0) is 19.2 Å². The second-order valence-electron chi connectivity index (χ2n) is 24.4. The molecule has 0 radical (unpaired) electrons. The average molecular weight is 1160 g/mol. The van der Waals surface area contributed by atoms with Crippen molar-refractivity contribution in [2.75, 3.05) is 0 Å². The SMILES string of the molecule is CCCCCCCCCCCCCCCCCC(=O)O.CCCCCCCCCCCCCCCCCC(=O)O.CCCCCCCCCCCCCCCCCC(=O)O.CCCCCCCCCCCCCCCCCC(=O)O.[MgH2]. The van der Waals surface area contributed by atoms with Crippen LogP contribution in [0.15, 0.2) is 0 Å². The van der Waals surface area contributed by atoms with Gasteiger partial charge in [-0.25, -0.2) is 0 Å². The van der Waals surface area contributed by atoms with Crippen molar-refractivity contribution >= 4 is 46.9 Å². The van der Waals surface area contributed by atoms with Crippen molar-refractivity contribution in [3.05, 3.63) is 0 Å². The summed E-state index contributed by atoms with van der Waals surface area (Å²) >= 11 is 0. The molecule has 0 saturated heterocycles. The van der Waals surface area contributed by atoms with Crippen LogP contribution in [0.3, 0.4) is 0 Å². The van der Waals surface area contributed by atoms with Crippen molar-refractivity contribution < 1.29 is 39.6 Å². The molecule has 484 valence electrons. The highest BCUT2D eigenvalue weighted by Gasteiger charge is 2.02. The Hall–Kier alpha value is -1.35. The number of unbranched alkanes of at least 4 members (excludes halogenated alkanes) is 56. The van der Waals surface area contributed by atoms with Crippen LogP contribution in [0.2, 0.25) is 0 Å². The number of carboxylic acid groups (broad SMARTS) is 4. The summed E-state index contributed by atoms with van der Waals surface area (Å²) in [5.74, 6) is -2.61. The van der Waals surface area contributed by atoms with Crippen molar-refractivity contribution in [3.8, 4) is 0 Å². The molecule has 9 heteroatoms. The number of aliphatic carboxylic acids is 4. The Morgan fingerprint density at radius 2 is 0.235 bits per heavy atom. The third-order valence-corrected chi connectivity index (χ3v) is 16.0. The fourth-order valence-corrected chi connectivity index (χ4v) is 10.6. The minimum atomic E-state index is -0.653. The van der Waals surface area contributed by atoms with Crippen LogP contribution in [0, 0.1) is 0 Å². The molecule has 8 nitrogen and oxygen atoms in total. The lowest BCUT2D eigenvalue weighted by Gasteiger charge is -2.03. The zero-order valence-electron chi connectivity index (χ0n) is 54.7. The van der Waals surface area contributed by atoms with Crippen LogP contribution in [0.1, 0.15) is 439 Å². The van der Waals surface area contributed by atoms with E-state index >= 15 is 0 Å². The molecule has 0 aliphatic carbocycles. The number of hydrogen-bond donors (Lipinski definition) is 4. The first-order valence-corrected chi connectivity index (χ1v) is 36.0. The summed E-state index contributed by atoms with van der Waals surface area (Å²) in [7, 11) is 0. The fourth-order valence-electron chi connectivity index (χ4n) is 10.6. The molecule has 0 spiro atoms. The minimum absolute atomic E-state index is 0. The lowest BCUT2D eigenvalue weighted by molar-refractivity contribution is -0.138. The van der Waals surface area contributed by atoms with Gasteiger partial charge in [-0.2, -0.15) is 0 Å². The maximum absolute atomic E-state index is 10.3. The maximum Gasteiger partial charge on any atom is 0.316 e. The zero-order valence-corrected chi connectivity index (χ0v) is 54.7. The average Bonchev–Trinajstić information content (AvgIpc) is 3.43. The van der Waals surface area contributed by atoms with Crippen molar-refractivity contribution in [3.63, 3.8) is 0 Å². The van der Waals surface area contributed by atoms with Crippen LogP contribution >= 0.6 is 0 Å². The lowest BCUT2D eigenvalue weighted by Crippen LogP contribution is -1.93. The molecule has 0 amide bonds.